The molecule has 1 saturated heterocycles. The lowest BCUT2D eigenvalue weighted by Crippen LogP contribution is -2.36. The summed E-state index contributed by atoms with van der Waals surface area (Å²) in [5.41, 5.74) is 0.388. The highest BCUT2D eigenvalue weighted by molar-refractivity contribution is 7.90. The predicted molar refractivity (Wildman–Crippen MR) is 93.8 cm³/mol. The number of hydrogen-bond acceptors (Lipinski definition) is 7. The SMILES string of the molecule is CS(=O)(=O)c1cccc(C(=O)Nc2[nH]nc(N3CCOCC3)c2C#N)c1. The fourth-order valence-electron chi connectivity index (χ4n) is 2.59. The number of ether oxygens (including phenoxy) is 1. The number of amides is 1. The van der Waals surface area contributed by atoms with Gasteiger partial charge in [-0.3, -0.25) is 9.89 Å². The molecule has 0 bridgehead atoms. The van der Waals surface area contributed by atoms with E-state index in [1.54, 1.807) is 0 Å². The molecule has 1 aromatic heterocycles. The van der Waals surface area contributed by atoms with Crippen molar-refractivity contribution in [1.29, 1.82) is 5.26 Å². The number of aromatic amines is 1. The van der Waals surface area contributed by atoms with Gasteiger partial charge in [0.15, 0.2) is 15.7 Å². The topological polar surface area (TPSA) is 128 Å². The van der Waals surface area contributed by atoms with Crippen molar-refractivity contribution in [2.45, 2.75) is 4.90 Å². The number of sulfone groups is 1. The number of nitrogens with zero attached hydrogens (tertiary/aromatic N) is 3. The summed E-state index contributed by atoms with van der Waals surface area (Å²) in [6.45, 7) is 2.28. The molecular weight excluding hydrogens is 358 g/mol. The van der Waals surface area contributed by atoms with Crippen molar-refractivity contribution < 1.29 is 17.9 Å². The Bertz CT molecular complexity index is 971. The normalized spacial score (nSPS) is 14.7. The molecule has 1 aromatic carbocycles. The number of nitrogens with one attached hydrogen (secondary N) is 2. The van der Waals surface area contributed by atoms with Crippen LogP contribution in [0.25, 0.3) is 0 Å². The van der Waals surface area contributed by atoms with Gasteiger partial charge in [-0.2, -0.15) is 10.4 Å². The van der Waals surface area contributed by atoms with E-state index in [4.69, 9.17) is 4.74 Å². The van der Waals surface area contributed by atoms with Gasteiger partial charge in [0.25, 0.3) is 5.91 Å². The summed E-state index contributed by atoms with van der Waals surface area (Å²) in [5.74, 6) is 0.0870. The Balaban J connectivity index is 1.84. The van der Waals surface area contributed by atoms with Crippen LogP contribution in [-0.2, 0) is 14.6 Å². The summed E-state index contributed by atoms with van der Waals surface area (Å²) in [6, 6.07) is 7.74. The molecule has 0 aliphatic carbocycles. The minimum absolute atomic E-state index is 0.0456. The largest absolute Gasteiger partial charge is 0.378 e. The van der Waals surface area contributed by atoms with E-state index < -0.39 is 15.7 Å². The van der Waals surface area contributed by atoms with E-state index in [-0.39, 0.29) is 21.8 Å². The first-order valence-corrected chi connectivity index (χ1v) is 9.72. The van der Waals surface area contributed by atoms with Crippen LogP contribution in [0.15, 0.2) is 29.2 Å². The predicted octanol–water partition coefficient (Wildman–Crippen LogP) is 0.774. The summed E-state index contributed by atoms with van der Waals surface area (Å²) in [7, 11) is -3.43. The molecule has 2 heterocycles. The van der Waals surface area contributed by atoms with Gasteiger partial charge in [0, 0.05) is 24.9 Å². The van der Waals surface area contributed by atoms with Crippen molar-refractivity contribution in [1.82, 2.24) is 10.2 Å². The van der Waals surface area contributed by atoms with E-state index in [0.717, 1.165) is 6.26 Å². The van der Waals surface area contributed by atoms with Crippen LogP contribution >= 0.6 is 0 Å². The first-order chi connectivity index (χ1) is 12.4. The van der Waals surface area contributed by atoms with Crippen LogP contribution in [0.5, 0.6) is 0 Å². The smallest absolute Gasteiger partial charge is 0.256 e. The maximum Gasteiger partial charge on any atom is 0.256 e. The third-order valence-corrected chi connectivity index (χ3v) is 5.04. The van der Waals surface area contributed by atoms with E-state index in [9.17, 15) is 18.5 Å². The summed E-state index contributed by atoms with van der Waals surface area (Å²) in [5, 5.41) is 18.8. The van der Waals surface area contributed by atoms with Gasteiger partial charge < -0.3 is 15.0 Å². The van der Waals surface area contributed by atoms with E-state index in [0.29, 0.717) is 32.1 Å². The maximum atomic E-state index is 12.5. The van der Waals surface area contributed by atoms with Crippen LogP contribution in [0.4, 0.5) is 11.6 Å². The third-order valence-electron chi connectivity index (χ3n) is 3.93. The fraction of sp³-hybridized carbons (Fsp3) is 0.312. The Morgan fingerprint density at radius 3 is 2.77 bits per heavy atom. The molecule has 0 saturated carbocycles. The van der Waals surface area contributed by atoms with Gasteiger partial charge in [0.1, 0.15) is 17.5 Å². The second-order valence-electron chi connectivity index (χ2n) is 5.76. The second kappa shape index (κ2) is 7.15. The zero-order chi connectivity index (χ0) is 18.7. The minimum Gasteiger partial charge on any atom is -0.378 e. The molecule has 3 rings (SSSR count). The third kappa shape index (κ3) is 3.68. The lowest BCUT2D eigenvalue weighted by molar-refractivity contribution is 0.102. The van der Waals surface area contributed by atoms with Gasteiger partial charge in [0.05, 0.1) is 18.1 Å². The number of carbonyl (C=O) groups excluding carboxylic acids is 1. The molecule has 2 aromatic rings. The number of morpholine rings is 1. The van der Waals surface area contributed by atoms with E-state index in [1.807, 2.05) is 11.0 Å². The Morgan fingerprint density at radius 1 is 1.38 bits per heavy atom. The zero-order valence-corrected chi connectivity index (χ0v) is 14.8. The van der Waals surface area contributed by atoms with Crippen LogP contribution in [-0.4, -0.2) is 57.1 Å². The van der Waals surface area contributed by atoms with Crippen molar-refractivity contribution in [2.75, 3.05) is 42.8 Å². The van der Waals surface area contributed by atoms with Crippen LogP contribution in [0.2, 0.25) is 0 Å². The summed E-state index contributed by atoms with van der Waals surface area (Å²) in [6.07, 6.45) is 1.07. The Morgan fingerprint density at radius 2 is 2.12 bits per heavy atom. The molecule has 10 heteroatoms. The summed E-state index contributed by atoms with van der Waals surface area (Å²) in [4.78, 5) is 14.4. The van der Waals surface area contributed by atoms with Crippen LogP contribution in [0.1, 0.15) is 15.9 Å². The fourth-order valence-corrected chi connectivity index (χ4v) is 3.25. The summed E-state index contributed by atoms with van der Waals surface area (Å²) >= 11 is 0. The number of rotatable bonds is 4. The van der Waals surface area contributed by atoms with Crippen LogP contribution < -0.4 is 10.2 Å². The lowest BCUT2D eigenvalue weighted by atomic mass is 10.2. The van der Waals surface area contributed by atoms with Crippen molar-refractivity contribution in [3.05, 3.63) is 35.4 Å². The monoisotopic (exact) mass is 375 g/mol. The van der Waals surface area contributed by atoms with Crippen LogP contribution in [0, 0.1) is 11.3 Å². The average molecular weight is 375 g/mol. The van der Waals surface area contributed by atoms with Crippen molar-refractivity contribution in [3.8, 4) is 6.07 Å². The minimum atomic E-state index is -3.43. The van der Waals surface area contributed by atoms with E-state index >= 15 is 0 Å². The van der Waals surface area contributed by atoms with E-state index in [2.05, 4.69) is 15.5 Å². The Hall–Kier alpha value is -2.90. The first kappa shape index (κ1) is 17.9. The maximum absolute atomic E-state index is 12.5. The van der Waals surface area contributed by atoms with Gasteiger partial charge in [-0.25, -0.2) is 8.42 Å². The lowest BCUT2D eigenvalue weighted by Gasteiger charge is -2.26. The molecule has 26 heavy (non-hydrogen) atoms. The van der Waals surface area contributed by atoms with Crippen molar-refractivity contribution in [2.24, 2.45) is 0 Å². The quantitative estimate of drug-likeness (QED) is 0.808. The second-order valence-corrected chi connectivity index (χ2v) is 7.78. The highest BCUT2D eigenvalue weighted by atomic mass is 32.2. The van der Waals surface area contributed by atoms with Gasteiger partial charge in [-0.1, -0.05) is 6.07 Å². The molecule has 0 atom stereocenters. The zero-order valence-electron chi connectivity index (χ0n) is 14.0. The van der Waals surface area contributed by atoms with Gasteiger partial charge in [0.2, 0.25) is 0 Å². The first-order valence-electron chi connectivity index (χ1n) is 7.83. The summed E-state index contributed by atoms with van der Waals surface area (Å²) < 4.78 is 28.6. The van der Waals surface area contributed by atoms with Gasteiger partial charge >= 0.3 is 0 Å². The number of anilines is 2. The number of aromatic nitrogens is 2. The number of hydrogen-bond donors (Lipinski definition) is 2. The molecule has 2 N–H and O–H groups in total. The molecule has 9 nitrogen and oxygen atoms in total. The molecular formula is C16H17N5O4S. The van der Waals surface area contributed by atoms with Crippen molar-refractivity contribution >= 4 is 27.4 Å². The Labute approximate surface area is 150 Å². The van der Waals surface area contributed by atoms with Crippen molar-refractivity contribution in [3.63, 3.8) is 0 Å². The highest BCUT2D eigenvalue weighted by Gasteiger charge is 2.22. The molecule has 0 radical (unpaired) electrons. The molecule has 0 unspecified atom stereocenters. The van der Waals surface area contributed by atoms with Crippen LogP contribution in [0.3, 0.4) is 0 Å². The molecule has 136 valence electrons. The number of nitriles is 1. The number of carbonyl (C=O) groups is 1. The van der Waals surface area contributed by atoms with E-state index in [1.165, 1.54) is 24.3 Å². The molecule has 0 spiro atoms. The highest BCUT2D eigenvalue weighted by Crippen LogP contribution is 2.25. The average Bonchev–Trinajstić information content (AvgIpc) is 3.04. The Kier molecular flexibility index (Phi) is 4.92. The van der Waals surface area contributed by atoms with Gasteiger partial charge in [-0.05, 0) is 18.2 Å². The molecule has 1 aliphatic rings. The standard InChI is InChI=1S/C16H17N5O4S/c1-26(23,24)12-4-2-3-11(9-12)16(22)18-14-13(10-17)15(20-19-14)21-5-7-25-8-6-21/h2-4,9H,5-8H2,1H3,(H2,18,19,20,22). The molecule has 1 amide bonds. The molecule has 1 aliphatic heterocycles. The van der Waals surface area contributed by atoms with Gasteiger partial charge in [-0.15, -0.1) is 0 Å². The number of H-pyrrole nitrogens is 1. The molecule has 1 fully saturated rings. The number of benzene rings is 1.